The topological polar surface area (TPSA) is 101 Å². The van der Waals surface area contributed by atoms with Gasteiger partial charge in [-0.15, -0.1) is 0 Å². The third-order valence-corrected chi connectivity index (χ3v) is 8.59. The molecule has 0 atom stereocenters. The van der Waals surface area contributed by atoms with E-state index in [9.17, 15) is 9.18 Å². The highest BCUT2D eigenvalue weighted by atomic mass is 19.1. The molecule has 3 fully saturated rings. The Morgan fingerprint density at radius 3 is 2.63 bits per heavy atom. The fourth-order valence-electron chi connectivity index (χ4n) is 6.15. The van der Waals surface area contributed by atoms with Crippen molar-refractivity contribution in [1.29, 1.82) is 0 Å². The normalized spacial score (nSPS) is 21.9. The predicted octanol–water partition coefficient (Wildman–Crippen LogP) is 5.54. The molecule has 0 unspecified atom stereocenters. The molecule has 0 aromatic heterocycles. The summed E-state index contributed by atoms with van der Waals surface area (Å²) in [5.74, 6) is 0.369. The maximum Gasteiger partial charge on any atom is 0.251 e. The van der Waals surface area contributed by atoms with Crippen LogP contribution in [0.25, 0.3) is 0 Å². The third kappa shape index (κ3) is 7.97. The molecule has 2 heterocycles. The molecule has 1 aromatic rings. The van der Waals surface area contributed by atoms with Gasteiger partial charge in [-0.25, -0.2) is 9.38 Å². The van der Waals surface area contributed by atoms with E-state index >= 15 is 0 Å². The molecule has 2 saturated heterocycles. The van der Waals surface area contributed by atoms with Crippen molar-refractivity contribution in [2.75, 3.05) is 19.7 Å². The maximum absolute atomic E-state index is 14.6. The first-order valence-corrected chi connectivity index (χ1v) is 14.6. The van der Waals surface area contributed by atoms with Gasteiger partial charge in [0.25, 0.3) is 5.91 Å². The molecule has 1 aliphatic carbocycles. The van der Waals surface area contributed by atoms with Crippen molar-refractivity contribution in [3.8, 4) is 0 Å². The van der Waals surface area contributed by atoms with Crippen LogP contribution in [0.5, 0.6) is 0 Å². The minimum absolute atomic E-state index is 0.143. The van der Waals surface area contributed by atoms with Gasteiger partial charge in [0.1, 0.15) is 17.4 Å². The molecule has 1 spiro atoms. The number of hydrogen-bond acceptors (Lipinski definition) is 6. The molecule has 7 nitrogen and oxygen atoms in total. The van der Waals surface area contributed by atoms with E-state index < -0.39 is 5.82 Å². The molecule has 0 radical (unpaired) electrons. The van der Waals surface area contributed by atoms with Crippen molar-refractivity contribution in [1.82, 2.24) is 16.0 Å². The minimum atomic E-state index is -0.418. The van der Waals surface area contributed by atoms with Crippen LogP contribution in [0.15, 0.2) is 82.5 Å². The van der Waals surface area contributed by atoms with Gasteiger partial charge in [0.05, 0.1) is 6.61 Å². The second-order valence-corrected chi connectivity index (χ2v) is 11.5. The molecular formula is C33H44FN5O2. The van der Waals surface area contributed by atoms with Crippen LogP contribution in [-0.4, -0.2) is 37.9 Å². The molecule has 220 valence electrons. The SMILES string of the molecule is C=CC(=C1/OCC/C1=C(/C)NCc1cc(F)cc(C(=O)NC2CCC3(CCNCC3)CC2)c1)/C(C)=C/C=N\C(=C)N. The molecule has 5 N–H and O–H groups in total. The number of carbonyl (C=O) groups excluding carboxylic acids is 1. The Balaban J connectivity index is 1.41. The van der Waals surface area contributed by atoms with Gasteiger partial charge in [0.15, 0.2) is 0 Å². The van der Waals surface area contributed by atoms with Crippen LogP contribution >= 0.6 is 0 Å². The van der Waals surface area contributed by atoms with Crippen LogP contribution in [0.3, 0.4) is 0 Å². The first-order chi connectivity index (χ1) is 19.7. The highest BCUT2D eigenvalue weighted by molar-refractivity contribution is 5.94. The number of benzene rings is 1. The van der Waals surface area contributed by atoms with Gasteiger partial charge >= 0.3 is 0 Å². The van der Waals surface area contributed by atoms with Crippen molar-refractivity contribution in [3.63, 3.8) is 0 Å². The molecule has 1 aromatic carbocycles. The molecule has 41 heavy (non-hydrogen) atoms. The monoisotopic (exact) mass is 561 g/mol. The van der Waals surface area contributed by atoms with Crippen LogP contribution in [0.4, 0.5) is 4.39 Å². The van der Waals surface area contributed by atoms with Gasteiger partial charge in [0, 0.05) is 47.6 Å². The third-order valence-electron chi connectivity index (χ3n) is 8.59. The van der Waals surface area contributed by atoms with Gasteiger partial charge in [-0.05, 0) is 106 Å². The number of amides is 1. The molecule has 2 aliphatic heterocycles. The van der Waals surface area contributed by atoms with Crippen LogP contribution in [-0.2, 0) is 11.3 Å². The molecule has 0 bridgehead atoms. The Kier molecular flexibility index (Phi) is 10.2. The molecule has 8 heteroatoms. The molecular weight excluding hydrogens is 517 g/mol. The average molecular weight is 562 g/mol. The highest BCUT2D eigenvalue weighted by Gasteiger charge is 2.36. The van der Waals surface area contributed by atoms with Crippen LogP contribution in [0.1, 0.15) is 74.7 Å². The van der Waals surface area contributed by atoms with E-state index in [-0.39, 0.29) is 17.8 Å². The fourth-order valence-corrected chi connectivity index (χ4v) is 6.15. The van der Waals surface area contributed by atoms with E-state index in [1.54, 1.807) is 18.4 Å². The fraction of sp³-hybridized carbons (Fsp3) is 0.455. The first-order valence-electron chi connectivity index (χ1n) is 14.6. The number of halogens is 1. The van der Waals surface area contributed by atoms with Crippen LogP contribution in [0, 0.1) is 11.2 Å². The number of ether oxygens (including phenoxy) is 1. The lowest BCUT2D eigenvalue weighted by atomic mass is 9.67. The number of carbonyl (C=O) groups is 1. The van der Waals surface area contributed by atoms with Crippen molar-refractivity contribution in [3.05, 3.63) is 94.4 Å². The lowest BCUT2D eigenvalue weighted by Crippen LogP contribution is -2.44. The molecule has 1 amide bonds. The minimum Gasteiger partial charge on any atom is -0.492 e. The van der Waals surface area contributed by atoms with Gasteiger partial charge in [-0.3, -0.25) is 4.79 Å². The van der Waals surface area contributed by atoms with Gasteiger partial charge in [0.2, 0.25) is 0 Å². The largest absolute Gasteiger partial charge is 0.492 e. The quantitative estimate of drug-likeness (QED) is 0.297. The maximum atomic E-state index is 14.6. The van der Waals surface area contributed by atoms with Crippen molar-refractivity contribution in [2.45, 2.75) is 71.4 Å². The summed E-state index contributed by atoms with van der Waals surface area (Å²) in [5, 5.41) is 10.0. The molecule has 1 saturated carbocycles. The Morgan fingerprint density at radius 2 is 1.95 bits per heavy atom. The van der Waals surface area contributed by atoms with Gasteiger partial charge in [-0.2, -0.15) is 0 Å². The van der Waals surface area contributed by atoms with E-state index in [4.69, 9.17) is 10.5 Å². The number of nitrogens with two attached hydrogens (primary N) is 1. The second kappa shape index (κ2) is 13.8. The smallest absolute Gasteiger partial charge is 0.251 e. The predicted molar refractivity (Wildman–Crippen MR) is 164 cm³/mol. The van der Waals surface area contributed by atoms with E-state index in [1.165, 1.54) is 25.0 Å². The van der Waals surface area contributed by atoms with Crippen molar-refractivity contribution in [2.24, 2.45) is 16.1 Å². The number of nitrogens with one attached hydrogen (secondary N) is 3. The van der Waals surface area contributed by atoms with Crippen LogP contribution < -0.4 is 21.7 Å². The zero-order valence-electron chi connectivity index (χ0n) is 24.5. The summed E-state index contributed by atoms with van der Waals surface area (Å²) in [6.07, 6.45) is 12.6. The number of aliphatic imine (C=N–C) groups is 1. The molecule has 4 rings (SSSR count). The van der Waals surface area contributed by atoms with Crippen LogP contribution in [0.2, 0.25) is 0 Å². The Bertz CT molecular complexity index is 1280. The van der Waals surface area contributed by atoms with E-state index in [0.29, 0.717) is 29.7 Å². The summed E-state index contributed by atoms with van der Waals surface area (Å²) < 4.78 is 20.6. The van der Waals surface area contributed by atoms with E-state index in [2.05, 4.69) is 34.1 Å². The van der Waals surface area contributed by atoms with Gasteiger partial charge in [-0.1, -0.05) is 19.2 Å². The Morgan fingerprint density at radius 1 is 1.22 bits per heavy atom. The van der Waals surface area contributed by atoms with E-state index in [1.807, 2.05) is 19.9 Å². The average Bonchev–Trinajstić information content (AvgIpc) is 3.43. The standard InChI is InChI=1S/C33H44FN5O2/c1-5-29(22(2)8-14-37-24(4)35)31-30(9-17-41-31)23(3)38-21-25-18-26(20-27(34)19-25)32(40)39-28-6-10-33(11-7-28)12-15-36-16-13-33/h5,8,14,18-20,28,36,38H,1,4,6-7,9-13,15-17,21,35H2,2-3H3,(H,39,40)/b22-8+,30-23+,31-29-,37-14-. The number of rotatable bonds is 9. The number of nitrogens with zero attached hydrogens (tertiary/aromatic N) is 1. The second-order valence-electron chi connectivity index (χ2n) is 11.5. The summed E-state index contributed by atoms with van der Waals surface area (Å²) in [5.41, 5.74) is 10.8. The number of hydrogen-bond donors (Lipinski definition) is 4. The number of allylic oxidation sites excluding steroid dienone is 6. The summed E-state index contributed by atoms with van der Waals surface area (Å²) in [7, 11) is 0. The summed E-state index contributed by atoms with van der Waals surface area (Å²) in [6.45, 7) is 14.6. The molecule has 3 aliphatic rings. The highest BCUT2D eigenvalue weighted by Crippen LogP contribution is 2.43. The summed E-state index contributed by atoms with van der Waals surface area (Å²) in [6, 6.07) is 4.71. The lowest BCUT2D eigenvalue weighted by Gasteiger charge is -2.43. The first kappa shape index (κ1) is 30.3. The van der Waals surface area contributed by atoms with Crippen molar-refractivity contribution < 1.29 is 13.9 Å². The lowest BCUT2D eigenvalue weighted by molar-refractivity contribution is 0.0853. The summed E-state index contributed by atoms with van der Waals surface area (Å²) in [4.78, 5) is 17.1. The Hall–Kier alpha value is -3.65. The summed E-state index contributed by atoms with van der Waals surface area (Å²) >= 11 is 0. The zero-order valence-corrected chi connectivity index (χ0v) is 24.5. The van der Waals surface area contributed by atoms with Gasteiger partial charge < -0.3 is 26.4 Å². The van der Waals surface area contributed by atoms with E-state index in [0.717, 1.165) is 73.4 Å². The zero-order chi connectivity index (χ0) is 29.4. The van der Waals surface area contributed by atoms with Crippen molar-refractivity contribution >= 4 is 12.1 Å². The Labute approximate surface area is 243 Å². The number of piperidine rings is 1.